The first-order valence-electron chi connectivity index (χ1n) is 2.74. The molecule has 0 spiro atoms. The van der Waals surface area contributed by atoms with Crippen molar-refractivity contribution in [3.8, 4) is 0 Å². The van der Waals surface area contributed by atoms with Crippen LogP contribution in [-0.4, -0.2) is 18.8 Å². The minimum absolute atomic E-state index is 0.322. The second-order valence-electron chi connectivity index (χ2n) is 2.03. The third-order valence-electron chi connectivity index (χ3n) is 1.25. The Labute approximate surface area is 59.1 Å². The van der Waals surface area contributed by atoms with Crippen molar-refractivity contribution in [2.75, 3.05) is 5.75 Å². The molecule has 0 aromatic rings. The van der Waals surface area contributed by atoms with E-state index in [4.69, 9.17) is 5.14 Å². The Bertz CT molecular complexity index is 181. The fourth-order valence-corrected chi connectivity index (χ4v) is 3.28. The maximum Gasteiger partial charge on any atom is 0.221 e. The van der Waals surface area contributed by atoms with E-state index in [1.54, 1.807) is 0 Å². The van der Waals surface area contributed by atoms with E-state index in [9.17, 15) is 8.42 Å². The molecule has 54 valence electrons. The van der Waals surface area contributed by atoms with Crippen LogP contribution in [0.4, 0.5) is 0 Å². The molecule has 1 aliphatic rings. The monoisotopic (exact) mass is 167 g/mol. The van der Waals surface area contributed by atoms with Crippen molar-refractivity contribution in [3.05, 3.63) is 0 Å². The van der Waals surface area contributed by atoms with Gasteiger partial charge in [0.25, 0.3) is 0 Å². The van der Waals surface area contributed by atoms with Crippen molar-refractivity contribution in [2.24, 2.45) is 5.14 Å². The van der Waals surface area contributed by atoms with Crippen LogP contribution in [0.25, 0.3) is 0 Å². The van der Waals surface area contributed by atoms with Gasteiger partial charge in [-0.15, -0.1) is 11.8 Å². The van der Waals surface area contributed by atoms with Gasteiger partial charge in [0, 0.05) is 0 Å². The van der Waals surface area contributed by atoms with Crippen molar-refractivity contribution in [3.63, 3.8) is 0 Å². The number of thioether (sulfide) groups is 1. The first-order valence-corrected chi connectivity index (χ1v) is 5.40. The van der Waals surface area contributed by atoms with Crippen LogP contribution in [0.3, 0.4) is 0 Å². The number of primary sulfonamides is 1. The molecule has 3 nitrogen and oxygen atoms in total. The third-order valence-corrected chi connectivity index (χ3v) is 4.57. The summed E-state index contributed by atoms with van der Waals surface area (Å²) in [7, 11) is -3.24. The number of sulfonamides is 1. The smallest absolute Gasteiger partial charge is 0.221 e. The molecule has 0 saturated carbocycles. The fourth-order valence-electron chi connectivity index (χ4n) is 0.807. The van der Waals surface area contributed by atoms with Crippen molar-refractivity contribution in [1.82, 2.24) is 0 Å². The van der Waals surface area contributed by atoms with Gasteiger partial charge >= 0.3 is 0 Å². The molecule has 1 saturated heterocycles. The summed E-state index contributed by atoms with van der Waals surface area (Å²) in [5, 5.41) is 4.89. The van der Waals surface area contributed by atoms with Crippen LogP contribution in [0.1, 0.15) is 12.8 Å². The highest BCUT2D eigenvalue weighted by molar-refractivity contribution is 8.12. The highest BCUT2D eigenvalue weighted by Crippen LogP contribution is 2.28. The summed E-state index contributed by atoms with van der Waals surface area (Å²) in [6.07, 6.45) is 1.70. The lowest BCUT2D eigenvalue weighted by Gasteiger charge is -2.02. The Morgan fingerprint density at radius 2 is 2.22 bits per heavy atom. The second kappa shape index (κ2) is 2.48. The van der Waals surface area contributed by atoms with E-state index >= 15 is 0 Å². The molecule has 0 aliphatic carbocycles. The topological polar surface area (TPSA) is 60.2 Å². The Balaban J connectivity index is 2.63. The summed E-state index contributed by atoms with van der Waals surface area (Å²) >= 11 is 1.44. The van der Waals surface area contributed by atoms with Crippen molar-refractivity contribution in [1.29, 1.82) is 0 Å². The molecular formula is C4H9NO2S2. The summed E-state index contributed by atoms with van der Waals surface area (Å²) in [5.41, 5.74) is 0. The summed E-state index contributed by atoms with van der Waals surface area (Å²) in [4.78, 5) is 0. The van der Waals surface area contributed by atoms with Crippen LogP contribution >= 0.6 is 11.8 Å². The average Bonchev–Trinajstić information content (AvgIpc) is 2.08. The standard InChI is InChI=1S/C4H9NO2S2/c5-9(6,7)4-2-1-3-8-4/h4H,1-3H2,(H2,5,6,7). The van der Waals surface area contributed by atoms with Gasteiger partial charge in [0.2, 0.25) is 10.0 Å². The van der Waals surface area contributed by atoms with E-state index in [0.717, 1.165) is 18.6 Å². The summed E-state index contributed by atoms with van der Waals surface area (Å²) < 4.78 is 20.9. The van der Waals surface area contributed by atoms with Crippen molar-refractivity contribution < 1.29 is 8.42 Å². The normalized spacial score (nSPS) is 28.8. The Morgan fingerprint density at radius 3 is 2.44 bits per heavy atom. The first kappa shape index (κ1) is 7.37. The van der Waals surface area contributed by atoms with Crippen LogP contribution in [-0.2, 0) is 10.0 Å². The molecule has 1 fully saturated rings. The highest BCUT2D eigenvalue weighted by atomic mass is 32.3. The van der Waals surface area contributed by atoms with Crippen LogP contribution in [0.5, 0.6) is 0 Å². The largest absolute Gasteiger partial charge is 0.228 e. The van der Waals surface area contributed by atoms with Gasteiger partial charge in [0.1, 0.15) is 4.58 Å². The lowest BCUT2D eigenvalue weighted by molar-refractivity contribution is 0.592. The van der Waals surface area contributed by atoms with Crippen molar-refractivity contribution >= 4 is 21.8 Å². The van der Waals surface area contributed by atoms with Gasteiger partial charge in [-0.2, -0.15) is 0 Å². The van der Waals surface area contributed by atoms with Crippen LogP contribution in [0, 0.1) is 0 Å². The predicted molar refractivity (Wildman–Crippen MR) is 38.6 cm³/mol. The molecule has 1 rings (SSSR count). The number of nitrogens with two attached hydrogens (primary N) is 1. The molecule has 1 aliphatic heterocycles. The Morgan fingerprint density at radius 1 is 1.56 bits per heavy atom. The zero-order valence-corrected chi connectivity index (χ0v) is 6.54. The lowest BCUT2D eigenvalue weighted by atomic mass is 10.4. The molecule has 0 radical (unpaired) electrons. The molecule has 1 heterocycles. The maximum atomic E-state index is 10.6. The number of rotatable bonds is 1. The molecule has 2 N–H and O–H groups in total. The van der Waals surface area contributed by atoms with Gasteiger partial charge in [-0.05, 0) is 18.6 Å². The van der Waals surface area contributed by atoms with E-state index in [2.05, 4.69) is 0 Å². The first-order chi connectivity index (χ1) is 4.11. The zero-order chi connectivity index (χ0) is 6.91. The summed E-state index contributed by atoms with van der Waals surface area (Å²) in [6.45, 7) is 0. The van der Waals surface area contributed by atoms with Crippen LogP contribution in [0.2, 0.25) is 0 Å². The number of hydrogen-bond acceptors (Lipinski definition) is 3. The zero-order valence-electron chi connectivity index (χ0n) is 4.91. The SMILES string of the molecule is NS(=O)(=O)C1CCCS1. The molecule has 0 aromatic carbocycles. The van der Waals surface area contributed by atoms with Crippen LogP contribution in [0.15, 0.2) is 0 Å². The second-order valence-corrected chi connectivity index (χ2v) is 5.39. The molecule has 0 aromatic heterocycles. The van der Waals surface area contributed by atoms with Gasteiger partial charge in [-0.3, -0.25) is 0 Å². The average molecular weight is 167 g/mol. The molecule has 1 atom stereocenters. The van der Waals surface area contributed by atoms with Crippen molar-refractivity contribution in [2.45, 2.75) is 17.4 Å². The fraction of sp³-hybridized carbons (Fsp3) is 1.00. The predicted octanol–water partition coefficient (Wildman–Crippen LogP) is 0.128. The summed E-state index contributed by atoms with van der Waals surface area (Å²) in [6, 6.07) is 0. The number of hydrogen-bond donors (Lipinski definition) is 1. The van der Waals surface area contributed by atoms with Gasteiger partial charge in [0.15, 0.2) is 0 Å². The van der Waals surface area contributed by atoms with Gasteiger partial charge in [-0.25, -0.2) is 13.6 Å². The van der Waals surface area contributed by atoms with E-state index in [1.807, 2.05) is 0 Å². The highest BCUT2D eigenvalue weighted by Gasteiger charge is 2.25. The molecule has 0 bridgehead atoms. The molecular weight excluding hydrogens is 158 g/mol. The van der Waals surface area contributed by atoms with Gasteiger partial charge in [0.05, 0.1) is 0 Å². The Kier molecular flexibility index (Phi) is 2.03. The van der Waals surface area contributed by atoms with E-state index < -0.39 is 10.0 Å². The molecule has 1 unspecified atom stereocenters. The minimum Gasteiger partial charge on any atom is -0.228 e. The third kappa shape index (κ3) is 1.84. The van der Waals surface area contributed by atoms with E-state index in [-0.39, 0.29) is 4.58 Å². The van der Waals surface area contributed by atoms with Gasteiger partial charge in [-0.1, -0.05) is 0 Å². The Hall–Kier alpha value is 0.260. The molecule has 0 amide bonds. The molecule has 9 heavy (non-hydrogen) atoms. The summed E-state index contributed by atoms with van der Waals surface area (Å²) in [5.74, 6) is 0.932. The van der Waals surface area contributed by atoms with Crippen LogP contribution < -0.4 is 5.14 Å². The lowest BCUT2D eigenvalue weighted by Crippen LogP contribution is -2.23. The quantitative estimate of drug-likeness (QED) is 0.603. The minimum atomic E-state index is -3.24. The molecule has 5 heteroatoms. The maximum absolute atomic E-state index is 10.6. The van der Waals surface area contributed by atoms with Gasteiger partial charge < -0.3 is 0 Å². The van der Waals surface area contributed by atoms with E-state index in [1.165, 1.54) is 11.8 Å². The van der Waals surface area contributed by atoms with E-state index in [0.29, 0.717) is 0 Å².